The summed E-state index contributed by atoms with van der Waals surface area (Å²) in [5.74, 6) is -0.309. The molecule has 2 fully saturated rings. The monoisotopic (exact) mass is 282 g/mol. The average molecular weight is 282 g/mol. The Hall–Kier alpha value is -0.740. The van der Waals surface area contributed by atoms with Crippen molar-refractivity contribution >= 4 is 10.8 Å². The highest BCUT2D eigenvalue weighted by Crippen LogP contribution is 2.45. The maximum Gasteiger partial charge on any atom is 0.132 e. The summed E-state index contributed by atoms with van der Waals surface area (Å²) in [6.45, 7) is 1.71. The van der Waals surface area contributed by atoms with Gasteiger partial charge in [-0.25, -0.2) is 4.39 Å². The Balaban J connectivity index is 2.00. The predicted octanol–water partition coefficient (Wildman–Crippen LogP) is 2.79. The van der Waals surface area contributed by atoms with Gasteiger partial charge in [0.25, 0.3) is 0 Å². The number of hydrogen-bond donors (Lipinski definition) is 1. The van der Waals surface area contributed by atoms with Gasteiger partial charge < -0.3 is 5.11 Å². The Labute approximate surface area is 115 Å². The van der Waals surface area contributed by atoms with E-state index in [2.05, 4.69) is 0 Å². The van der Waals surface area contributed by atoms with Crippen molar-refractivity contribution < 1.29 is 13.7 Å². The Morgan fingerprint density at radius 2 is 1.95 bits per heavy atom. The molecular weight excluding hydrogens is 263 g/mol. The summed E-state index contributed by atoms with van der Waals surface area (Å²) in [5.41, 5.74) is -0.191. The predicted molar refractivity (Wildman–Crippen MR) is 73.8 cm³/mol. The highest BCUT2D eigenvalue weighted by atomic mass is 32.2. The first-order valence-electron chi connectivity index (χ1n) is 6.88. The van der Waals surface area contributed by atoms with E-state index < -0.39 is 16.4 Å². The van der Waals surface area contributed by atoms with E-state index in [1.54, 1.807) is 25.1 Å². The molecule has 19 heavy (non-hydrogen) atoms. The second kappa shape index (κ2) is 4.67. The third-order valence-corrected chi connectivity index (χ3v) is 6.65. The largest absolute Gasteiger partial charge is 0.385 e. The number of fused-ring (bicyclic) bond motifs is 2. The van der Waals surface area contributed by atoms with Gasteiger partial charge in [0.2, 0.25) is 0 Å². The summed E-state index contributed by atoms with van der Waals surface area (Å²) in [7, 11) is -0.851. The minimum absolute atomic E-state index is 0.0254. The Morgan fingerprint density at radius 3 is 2.58 bits per heavy atom. The highest BCUT2D eigenvalue weighted by Gasteiger charge is 2.47. The third kappa shape index (κ3) is 2.15. The van der Waals surface area contributed by atoms with E-state index in [4.69, 9.17) is 0 Å². The molecule has 1 aromatic carbocycles. The lowest BCUT2D eigenvalue weighted by Gasteiger charge is -2.44. The van der Waals surface area contributed by atoms with E-state index in [1.807, 2.05) is 0 Å². The van der Waals surface area contributed by atoms with Crippen LogP contribution in [0.1, 0.15) is 43.2 Å². The van der Waals surface area contributed by atoms with Gasteiger partial charge in [-0.05, 0) is 38.2 Å². The van der Waals surface area contributed by atoms with Crippen LogP contribution in [0, 0.1) is 12.7 Å². The highest BCUT2D eigenvalue weighted by molar-refractivity contribution is 7.86. The molecule has 0 amide bonds. The van der Waals surface area contributed by atoms with Crippen molar-refractivity contribution in [1.29, 1.82) is 0 Å². The zero-order chi connectivity index (χ0) is 13.6. The van der Waals surface area contributed by atoms with Crippen LogP contribution in [0.15, 0.2) is 18.2 Å². The molecule has 2 nitrogen and oxygen atoms in total. The van der Waals surface area contributed by atoms with Crippen LogP contribution in [-0.4, -0.2) is 19.8 Å². The molecule has 3 rings (SSSR count). The molecule has 1 aromatic rings. The van der Waals surface area contributed by atoms with Gasteiger partial charge in [-0.15, -0.1) is 0 Å². The van der Waals surface area contributed by atoms with Gasteiger partial charge in [-0.1, -0.05) is 24.6 Å². The number of aryl methyl sites for hydroxylation is 1. The molecule has 0 aromatic heterocycles. The topological polar surface area (TPSA) is 37.3 Å². The van der Waals surface area contributed by atoms with Gasteiger partial charge in [0.1, 0.15) is 5.82 Å². The molecule has 2 atom stereocenters. The van der Waals surface area contributed by atoms with Gasteiger partial charge in [0, 0.05) is 26.9 Å². The molecule has 2 aliphatic rings. The Kier molecular flexibility index (Phi) is 3.26. The van der Waals surface area contributed by atoms with Crippen LogP contribution in [0.3, 0.4) is 0 Å². The van der Waals surface area contributed by atoms with Crippen molar-refractivity contribution in [2.75, 3.05) is 0 Å². The number of halogens is 1. The molecule has 2 saturated heterocycles. The third-order valence-electron chi connectivity index (χ3n) is 4.53. The summed E-state index contributed by atoms with van der Waals surface area (Å²) < 4.78 is 26.5. The quantitative estimate of drug-likeness (QED) is 0.860. The van der Waals surface area contributed by atoms with Gasteiger partial charge in [0.15, 0.2) is 0 Å². The van der Waals surface area contributed by atoms with Crippen molar-refractivity contribution in [3.8, 4) is 0 Å². The molecule has 2 bridgehead atoms. The van der Waals surface area contributed by atoms with Crippen LogP contribution in [-0.2, 0) is 16.4 Å². The van der Waals surface area contributed by atoms with Gasteiger partial charge >= 0.3 is 0 Å². The number of benzene rings is 1. The van der Waals surface area contributed by atoms with E-state index >= 15 is 0 Å². The SMILES string of the molecule is Cc1cccc(C2(O)CC3CCCC(C2)S3=O)c1F. The van der Waals surface area contributed by atoms with E-state index in [9.17, 15) is 13.7 Å². The average Bonchev–Trinajstić information content (AvgIpc) is 2.35. The van der Waals surface area contributed by atoms with Crippen LogP contribution in [0.4, 0.5) is 4.39 Å². The number of rotatable bonds is 1. The minimum atomic E-state index is -1.14. The second-order valence-electron chi connectivity index (χ2n) is 5.88. The first-order chi connectivity index (χ1) is 9.01. The van der Waals surface area contributed by atoms with Crippen molar-refractivity contribution in [1.82, 2.24) is 0 Å². The van der Waals surface area contributed by atoms with Crippen molar-refractivity contribution in [2.45, 2.75) is 55.1 Å². The number of aliphatic hydroxyl groups is 1. The maximum atomic E-state index is 14.3. The zero-order valence-electron chi connectivity index (χ0n) is 11.1. The van der Waals surface area contributed by atoms with Gasteiger partial charge in [-0.3, -0.25) is 4.21 Å². The van der Waals surface area contributed by atoms with E-state index in [-0.39, 0.29) is 16.3 Å². The molecule has 0 radical (unpaired) electrons. The molecule has 104 valence electrons. The fourth-order valence-corrected chi connectivity index (χ4v) is 5.73. The molecule has 1 N–H and O–H groups in total. The summed E-state index contributed by atoms with van der Waals surface area (Å²) in [4.78, 5) is 0. The van der Waals surface area contributed by atoms with Crippen molar-refractivity contribution in [3.63, 3.8) is 0 Å². The van der Waals surface area contributed by atoms with Crippen LogP contribution in [0.25, 0.3) is 0 Å². The van der Waals surface area contributed by atoms with Crippen LogP contribution < -0.4 is 0 Å². The van der Waals surface area contributed by atoms with Crippen LogP contribution in [0.5, 0.6) is 0 Å². The van der Waals surface area contributed by atoms with E-state index in [0.29, 0.717) is 24.0 Å². The smallest absolute Gasteiger partial charge is 0.132 e. The molecule has 0 saturated carbocycles. The lowest BCUT2D eigenvalue weighted by atomic mass is 9.80. The Morgan fingerprint density at radius 1 is 1.32 bits per heavy atom. The Bertz CT molecular complexity index is 513. The summed E-state index contributed by atoms with van der Waals surface area (Å²) in [5, 5.41) is 10.9. The second-order valence-corrected chi connectivity index (χ2v) is 7.87. The van der Waals surface area contributed by atoms with Crippen molar-refractivity contribution in [3.05, 3.63) is 35.1 Å². The minimum Gasteiger partial charge on any atom is -0.385 e. The fraction of sp³-hybridized carbons (Fsp3) is 0.600. The van der Waals surface area contributed by atoms with E-state index in [1.165, 1.54) is 0 Å². The summed E-state index contributed by atoms with van der Waals surface area (Å²) >= 11 is 0. The van der Waals surface area contributed by atoms with Gasteiger partial charge in [0.05, 0.1) is 5.60 Å². The standard InChI is InChI=1S/C15H19FO2S/c1-10-4-2-7-13(14(10)16)15(17)8-11-5-3-6-12(9-15)19(11)18/h2,4,7,11-12,17H,3,5-6,8-9H2,1H3. The zero-order valence-corrected chi connectivity index (χ0v) is 11.9. The van der Waals surface area contributed by atoms with Crippen LogP contribution >= 0.6 is 0 Å². The fourth-order valence-electron chi connectivity index (χ4n) is 3.51. The molecule has 4 heteroatoms. The first-order valence-corrected chi connectivity index (χ1v) is 8.16. The molecule has 2 unspecified atom stereocenters. The molecule has 2 heterocycles. The van der Waals surface area contributed by atoms with Crippen molar-refractivity contribution in [2.24, 2.45) is 0 Å². The summed E-state index contributed by atoms with van der Waals surface area (Å²) in [6, 6.07) is 5.17. The van der Waals surface area contributed by atoms with E-state index in [0.717, 1.165) is 19.3 Å². The molecule has 0 spiro atoms. The molecule has 0 aliphatic carbocycles. The first kappa shape index (κ1) is 13.3. The normalized spacial score (nSPS) is 38.2. The molecule has 2 aliphatic heterocycles. The maximum absolute atomic E-state index is 14.3. The molecular formula is C15H19FO2S. The lowest BCUT2D eigenvalue weighted by molar-refractivity contribution is 0.00327. The van der Waals surface area contributed by atoms with Crippen LogP contribution in [0.2, 0.25) is 0 Å². The van der Waals surface area contributed by atoms with Gasteiger partial charge in [-0.2, -0.15) is 0 Å². The number of hydrogen-bond acceptors (Lipinski definition) is 2. The summed E-state index contributed by atoms with van der Waals surface area (Å²) in [6.07, 6.45) is 3.71. The lowest BCUT2D eigenvalue weighted by Crippen LogP contribution is -2.47.